The smallest absolute Gasteiger partial charge is 0.288 e. The van der Waals surface area contributed by atoms with Crippen molar-refractivity contribution in [3.8, 4) is 0 Å². The van der Waals surface area contributed by atoms with Crippen LogP contribution in [0, 0.1) is 5.92 Å². The molecule has 15 heavy (non-hydrogen) atoms. The number of nitrogens with one attached hydrogen (secondary N) is 2. The second-order valence-electron chi connectivity index (χ2n) is 3.37. The number of carbonyl (C=O) groups excluding carboxylic acids is 1. The molecule has 0 aliphatic rings. The Morgan fingerprint density at radius 2 is 2.47 bits per heavy atom. The van der Waals surface area contributed by atoms with Crippen LogP contribution in [0.4, 0.5) is 5.95 Å². The summed E-state index contributed by atoms with van der Waals surface area (Å²) in [6, 6.07) is 0. The second kappa shape index (κ2) is 5.30. The van der Waals surface area contributed by atoms with E-state index in [0.717, 1.165) is 0 Å². The molecule has 0 radical (unpaired) electrons. The minimum atomic E-state index is -0.344. The van der Waals surface area contributed by atoms with E-state index in [1.165, 1.54) is 0 Å². The number of aromatic amines is 1. The van der Waals surface area contributed by atoms with Gasteiger partial charge in [-0.15, -0.1) is 5.10 Å². The van der Waals surface area contributed by atoms with Crippen molar-refractivity contribution in [1.82, 2.24) is 20.5 Å². The van der Waals surface area contributed by atoms with Crippen molar-refractivity contribution in [2.24, 2.45) is 5.92 Å². The Labute approximate surface area is 87.1 Å². The molecule has 1 aromatic rings. The minimum absolute atomic E-state index is 0.0450. The molecular weight excluding hydrogens is 198 g/mol. The standard InChI is InChI=1S/C8H15N5O2/c1-5(2-3-14)4-10-7(15)6-11-8(9)13-12-6/h5,14H,2-4H2,1H3,(H,10,15)(H3,9,11,12,13). The van der Waals surface area contributed by atoms with Crippen LogP contribution in [0.3, 0.4) is 0 Å². The van der Waals surface area contributed by atoms with Gasteiger partial charge in [0.25, 0.3) is 5.91 Å². The third-order valence-corrected chi connectivity index (χ3v) is 1.95. The van der Waals surface area contributed by atoms with Crippen LogP contribution in [0.5, 0.6) is 0 Å². The Bertz CT molecular complexity index is 325. The summed E-state index contributed by atoms with van der Waals surface area (Å²) in [6.45, 7) is 2.54. The van der Waals surface area contributed by atoms with Crippen molar-refractivity contribution in [2.75, 3.05) is 18.9 Å². The number of hydrogen-bond donors (Lipinski definition) is 4. The Morgan fingerprint density at radius 1 is 1.73 bits per heavy atom. The van der Waals surface area contributed by atoms with Gasteiger partial charge in [0.2, 0.25) is 11.8 Å². The van der Waals surface area contributed by atoms with E-state index in [1.54, 1.807) is 0 Å². The first kappa shape index (κ1) is 11.4. The molecule has 7 heteroatoms. The highest BCUT2D eigenvalue weighted by molar-refractivity contribution is 5.90. The van der Waals surface area contributed by atoms with Crippen LogP contribution < -0.4 is 11.1 Å². The van der Waals surface area contributed by atoms with Gasteiger partial charge < -0.3 is 16.2 Å². The summed E-state index contributed by atoms with van der Waals surface area (Å²) in [4.78, 5) is 15.1. The molecule has 1 amide bonds. The first-order valence-corrected chi connectivity index (χ1v) is 4.70. The Morgan fingerprint density at radius 3 is 3.00 bits per heavy atom. The molecule has 5 N–H and O–H groups in total. The average molecular weight is 213 g/mol. The number of rotatable bonds is 5. The Hall–Kier alpha value is -1.63. The van der Waals surface area contributed by atoms with Crippen LogP contribution in [0.25, 0.3) is 0 Å². The third kappa shape index (κ3) is 3.55. The summed E-state index contributed by atoms with van der Waals surface area (Å²) >= 11 is 0. The van der Waals surface area contributed by atoms with Crippen LogP contribution >= 0.6 is 0 Å². The molecule has 0 fully saturated rings. The lowest BCUT2D eigenvalue weighted by Gasteiger charge is -2.09. The fourth-order valence-corrected chi connectivity index (χ4v) is 1.05. The first-order valence-electron chi connectivity index (χ1n) is 4.70. The van der Waals surface area contributed by atoms with Gasteiger partial charge in [-0.25, -0.2) is 0 Å². The van der Waals surface area contributed by atoms with Gasteiger partial charge in [0.15, 0.2) is 0 Å². The number of aromatic nitrogens is 3. The summed E-state index contributed by atoms with van der Waals surface area (Å²) in [5.41, 5.74) is 5.25. The van der Waals surface area contributed by atoms with Gasteiger partial charge in [0.1, 0.15) is 0 Å². The SMILES string of the molecule is CC(CCO)CNC(=O)c1nc(N)n[nH]1. The molecule has 0 saturated heterocycles. The zero-order chi connectivity index (χ0) is 11.3. The molecule has 84 valence electrons. The molecule has 1 atom stereocenters. The number of aliphatic hydroxyl groups excluding tert-OH is 1. The maximum absolute atomic E-state index is 11.4. The van der Waals surface area contributed by atoms with Crippen molar-refractivity contribution in [2.45, 2.75) is 13.3 Å². The molecule has 1 rings (SSSR count). The van der Waals surface area contributed by atoms with E-state index in [9.17, 15) is 4.79 Å². The summed E-state index contributed by atoms with van der Waals surface area (Å²) in [7, 11) is 0. The lowest BCUT2D eigenvalue weighted by atomic mass is 10.1. The number of aliphatic hydroxyl groups is 1. The third-order valence-electron chi connectivity index (χ3n) is 1.95. The molecule has 0 saturated carbocycles. The maximum atomic E-state index is 11.4. The van der Waals surface area contributed by atoms with E-state index >= 15 is 0 Å². The van der Waals surface area contributed by atoms with Gasteiger partial charge in [0.05, 0.1) is 0 Å². The van der Waals surface area contributed by atoms with E-state index in [0.29, 0.717) is 13.0 Å². The monoisotopic (exact) mass is 213 g/mol. The van der Waals surface area contributed by atoms with E-state index in [1.807, 2.05) is 6.92 Å². The highest BCUT2D eigenvalue weighted by Gasteiger charge is 2.11. The highest BCUT2D eigenvalue weighted by Crippen LogP contribution is 1.99. The fraction of sp³-hybridized carbons (Fsp3) is 0.625. The second-order valence-corrected chi connectivity index (χ2v) is 3.37. The van der Waals surface area contributed by atoms with Gasteiger partial charge >= 0.3 is 0 Å². The molecule has 1 heterocycles. The Balaban J connectivity index is 2.36. The predicted molar refractivity (Wildman–Crippen MR) is 54.0 cm³/mol. The summed E-state index contributed by atoms with van der Waals surface area (Å²) in [6.07, 6.45) is 0.652. The number of nitrogens with zero attached hydrogens (tertiary/aromatic N) is 2. The average Bonchev–Trinajstić information content (AvgIpc) is 2.62. The summed E-state index contributed by atoms with van der Waals surface area (Å²) < 4.78 is 0. The van der Waals surface area contributed by atoms with E-state index in [-0.39, 0.29) is 30.2 Å². The maximum Gasteiger partial charge on any atom is 0.288 e. The van der Waals surface area contributed by atoms with Crippen LogP contribution in [-0.2, 0) is 0 Å². The number of anilines is 1. The quantitative estimate of drug-likeness (QED) is 0.507. The normalized spacial score (nSPS) is 12.4. The highest BCUT2D eigenvalue weighted by atomic mass is 16.3. The molecule has 1 unspecified atom stereocenters. The zero-order valence-electron chi connectivity index (χ0n) is 8.53. The van der Waals surface area contributed by atoms with Gasteiger partial charge in [-0.3, -0.25) is 9.89 Å². The topological polar surface area (TPSA) is 117 Å². The zero-order valence-corrected chi connectivity index (χ0v) is 8.53. The Kier molecular flexibility index (Phi) is 4.04. The van der Waals surface area contributed by atoms with Crippen molar-refractivity contribution in [1.29, 1.82) is 0 Å². The molecule has 0 bridgehead atoms. The lowest BCUT2D eigenvalue weighted by molar-refractivity contribution is 0.0935. The van der Waals surface area contributed by atoms with Crippen LogP contribution in [0.15, 0.2) is 0 Å². The van der Waals surface area contributed by atoms with Crippen molar-refractivity contribution in [3.05, 3.63) is 5.82 Å². The van der Waals surface area contributed by atoms with Gasteiger partial charge in [0, 0.05) is 13.2 Å². The number of hydrogen-bond acceptors (Lipinski definition) is 5. The number of amides is 1. The molecule has 1 aromatic heterocycles. The molecule has 0 aromatic carbocycles. The number of carbonyl (C=O) groups is 1. The summed E-state index contributed by atoms with van der Waals surface area (Å²) in [5.74, 6) is 0.0236. The first-order chi connectivity index (χ1) is 7.13. The van der Waals surface area contributed by atoms with Gasteiger partial charge in [-0.2, -0.15) is 4.98 Å². The van der Waals surface area contributed by atoms with E-state index in [4.69, 9.17) is 10.8 Å². The van der Waals surface area contributed by atoms with Gasteiger partial charge in [-0.05, 0) is 12.3 Å². The number of nitrogen functional groups attached to an aromatic ring is 1. The fourth-order valence-electron chi connectivity index (χ4n) is 1.05. The van der Waals surface area contributed by atoms with E-state index in [2.05, 4.69) is 20.5 Å². The molecule has 7 nitrogen and oxygen atoms in total. The number of nitrogens with two attached hydrogens (primary N) is 1. The van der Waals surface area contributed by atoms with Crippen LogP contribution in [0.1, 0.15) is 24.0 Å². The van der Waals surface area contributed by atoms with Gasteiger partial charge in [-0.1, -0.05) is 6.92 Å². The molecule has 0 aliphatic heterocycles. The van der Waals surface area contributed by atoms with Crippen molar-refractivity contribution in [3.63, 3.8) is 0 Å². The molecule has 0 spiro atoms. The molecule has 0 aliphatic carbocycles. The van der Waals surface area contributed by atoms with Crippen LogP contribution in [0.2, 0.25) is 0 Å². The lowest BCUT2D eigenvalue weighted by Crippen LogP contribution is -2.29. The summed E-state index contributed by atoms with van der Waals surface area (Å²) in [5, 5.41) is 17.3. The van der Waals surface area contributed by atoms with Crippen molar-refractivity contribution < 1.29 is 9.90 Å². The predicted octanol–water partition coefficient (Wildman–Crippen LogP) is -0.865. The number of H-pyrrole nitrogens is 1. The van der Waals surface area contributed by atoms with E-state index < -0.39 is 0 Å². The largest absolute Gasteiger partial charge is 0.396 e. The van der Waals surface area contributed by atoms with Crippen molar-refractivity contribution >= 4 is 11.9 Å². The molecular formula is C8H15N5O2. The van der Waals surface area contributed by atoms with Crippen LogP contribution in [-0.4, -0.2) is 39.3 Å². The minimum Gasteiger partial charge on any atom is -0.396 e.